The number of aromatic amines is 1. The van der Waals surface area contributed by atoms with E-state index in [2.05, 4.69) is 18.8 Å². The van der Waals surface area contributed by atoms with Crippen LogP contribution in [-0.2, 0) is 11.2 Å². The molecule has 120 valence electrons. The first-order valence-electron chi connectivity index (χ1n) is 7.94. The number of fused-ring (bicyclic) bond motifs is 1. The summed E-state index contributed by atoms with van der Waals surface area (Å²) in [6.45, 7) is 9.80. The Balaban J connectivity index is 1.93. The number of morpholine rings is 1. The number of rotatable bonds is 1. The van der Waals surface area contributed by atoms with Crippen LogP contribution in [0.5, 0.6) is 0 Å². The minimum atomic E-state index is -0.0465. The average molecular weight is 304 g/mol. The smallest absolute Gasteiger partial charge is 0.270 e. The molecule has 2 heterocycles. The molecule has 1 aliphatic carbocycles. The lowest BCUT2D eigenvalue weighted by atomic mass is 9.75. The van der Waals surface area contributed by atoms with Crippen molar-refractivity contribution >= 4 is 11.7 Å². The summed E-state index contributed by atoms with van der Waals surface area (Å²) in [5, 5.41) is 0. The van der Waals surface area contributed by atoms with Crippen LogP contribution in [-0.4, -0.2) is 47.4 Å². The first kappa shape index (κ1) is 15.3. The number of nitrogens with zero attached hydrogens (tertiary/aromatic N) is 1. The first-order valence-corrected chi connectivity index (χ1v) is 7.94. The number of H-pyrrole nitrogens is 1. The third kappa shape index (κ3) is 2.58. The highest BCUT2D eigenvalue weighted by atomic mass is 16.5. The van der Waals surface area contributed by atoms with E-state index in [-0.39, 0.29) is 23.2 Å². The van der Waals surface area contributed by atoms with E-state index in [0.717, 1.165) is 23.2 Å². The Bertz CT molecular complexity index is 630. The van der Waals surface area contributed by atoms with Crippen molar-refractivity contribution in [1.82, 2.24) is 9.88 Å². The van der Waals surface area contributed by atoms with Crippen molar-refractivity contribution in [1.29, 1.82) is 0 Å². The molecule has 1 aliphatic heterocycles. The maximum atomic E-state index is 12.8. The summed E-state index contributed by atoms with van der Waals surface area (Å²) in [5.41, 5.74) is 2.99. The number of ketones is 1. The Hall–Kier alpha value is -1.62. The van der Waals surface area contributed by atoms with Crippen LogP contribution >= 0.6 is 0 Å². The van der Waals surface area contributed by atoms with E-state index in [1.807, 2.05) is 18.7 Å². The zero-order valence-electron chi connectivity index (χ0n) is 13.8. The van der Waals surface area contributed by atoms with E-state index in [9.17, 15) is 9.59 Å². The maximum Gasteiger partial charge on any atom is 0.270 e. The van der Waals surface area contributed by atoms with Crippen LogP contribution in [0.25, 0.3) is 0 Å². The van der Waals surface area contributed by atoms with Gasteiger partial charge in [0.15, 0.2) is 5.78 Å². The third-order valence-corrected chi connectivity index (χ3v) is 4.64. The fourth-order valence-electron chi connectivity index (χ4n) is 3.61. The van der Waals surface area contributed by atoms with Crippen molar-refractivity contribution in [2.24, 2.45) is 5.41 Å². The van der Waals surface area contributed by atoms with Crippen molar-refractivity contribution in [2.45, 2.75) is 46.6 Å². The van der Waals surface area contributed by atoms with Gasteiger partial charge in [-0.05, 0) is 31.2 Å². The van der Waals surface area contributed by atoms with Crippen molar-refractivity contribution in [3.8, 4) is 0 Å². The fraction of sp³-hybridized carbons (Fsp3) is 0.647. The highest BCUT2D eigenvalue weighted by Gasteiger charge is 2.36. The van der Waals surface area contributed by atoms with Crippen molar-refractivity contribution in [2.75, 3.05) is 19.7 Å². The monoisotopic (exact) mass is 304 g/mol. The molecule has 1 amide bonds. The molecular weight excluding hydrogens is 280 g/mol. The van der Waals surface area contributed by atoms with Gasteiger partial charge in [0.2, 0.25) is 0 Å². The van der Waals surface area contributed by atoms with Gasteiger partial charge in [-0.3, -0.25) is 9.59 Å². The molecule has 3 rings (SSSR count). The number of carbonyl (C=O) groups is 2. The number of Topliss-reactive ketones (excluding diaryl/α,β-unsaturated/α-hetero) is 1. The van der Waals surface area contributed by atoms with Crippen LogP contribution in [0.2, 0.25) is 0 Å². The highest BCUT2D eigenvalue weighted by Crippen LogP contribution is 2.36. The molecule has 1 aromatic heterocycles. The number of hydrogen-bond acceptors (Lipinski definition) is 3. The predicted octanol–water partition coefficient (Wildman–Crippen LogP) is 2.34. The molecule has 5 heteroatoms. The Kier molecular flexibility index (Phi) is 3.63. The zero-order valence-corrected chi connectivity index (χ0v) is 13.8. The van der Waals surface area contributed by atoms with E-state index in [1.54, 1.807) is 0 Å². The molecule has 1 N–H and O–H groups in total. The van der Waals surface area contributed by atoms with Gasteiger partial charge in [0.05, 0.1) is 12.7 Å². The lowest BCUT2D eigenvalue weighted by molar-refractivity contribution is -0.0126. The molecule has 5 nitrogen and oxygen atoms in total. The van der Waals surface area contributed by atoms with Crippen LogP contribution < -0.4 is 0 Å². The zero-order chi connectivity index (χ0) is 16.1. The van der Waals surface area contributed by atoms with Crippen LogP contribution in [0, 0.1) is 12.3 Å². The molecule has 0 saturated carbocycles. The van der Waals surface area contributed by atoms with Gasteiger partial charge < -0.3 is 14.6 Å². The van der Waals surface area contributed by atoms with Gasteiger partial charge in [-0.1, -0.05) is 13.8 Å². The lowest BCUT2D eigenvalue weighted by Gasteiger charge is -2.31. The Morgan fingerprint density at radius 3 is 2.77 bits per heavy atom. The quantitative estimate of drug-likeness (QED) is 0.866. The van der Waals surface area contributed by atoms with E-state index < -0.39 is 0 Å². The van der Waals surface area contributed by atoms with E-state index in [1.165, 1.54) is 0 Å². The fourth-order valence-corrected chi connectivity index (χ4v) is 3.61. The van der Waals surface area contributed by atoms with Gasteiger partial charge in [-0.2, -0.15) is 0 Å². The van der Waals surface area contributed by atoms with Crippen molar-refractivity contribution in [3.05, 3.63) is 22.5 Å². The summed E-state index contributed by atoms with van der Waals surface area (Å²) in [7, 11) is 0. The Morgan fingerprint density at radius 2 is 2.09 bits per heavy atom. The average Bonchev–Trinajstić information content (AvgIpc) is 2.73. The largest absolute Gasteiger partial charge is 0.375 e. The van der Waals surface area contributed by atoms with E-state index >= 15 is 0 Å². The minimum absolute atomic E-state index is 0.0207. The summed E-state index contributed by atoms with van der Waals surface area (Å²) in [4.78, 5) is 30.3. The molecule has 0 unspecified atom stereocenters. The summed E-state index contributed by atoms with van der Waals surface area (Å²) < 4.78 is 5.49. The summed E-state index contributed by atoms with van der Waals surface area (Å²) >= 11 is 0. The van der Waals surface area contributed by atoms with Crippen LogP contribution in [0.3, 0.4) is 0 Å². The number of ether oxygens (including phenoxy) is 1. The number of carbonyl (C=O) groups excluding carboxylic acids is 2. The van der Waals surface area contributed by atoms with Gasteiger partial charge in [0.25, 0.3) is 5.91 Å². The normalized spacial score (nSPS) is 24.3. The summed E-state index contributed by atoms with van der Waals surface area (Å²) in [6, 6.07) is 0. The van der Waals surface area contributed by atoms with Crippen LogP contribution in [0.1, 0.15) is 59.3 Å². The second kappa shape index (κ2) is 5.23. The number of amides is 1. The van der Waals surface area contributed by atoms with Crippen molar-refractivity contribution < 1.29 is 14.3 Å². The molecule has 2 aliphatic rings. The summed E-state index contributed by atoms with van der Waals surface area (Å²) in [6.07, 6.45) is 1.41. The molecule has 0 radical (unpaired) electrons. The SMILES string of the molecule is Cc1c(C(=O)N2CCO[C@@H](C)C2)[nH]c2c1C(=O)CC(C)(C)C2. The maximum absolute atomic E-state index is 12.8. The topological polar surface area (TPSA) is 62.4 Å². The van der Waals surface area contributed by atoms with Crippen LogP contribution in [0.15, 0.2) is 0 Å². The molecule has 0 spiro atoms. The Morgan fingerprint density at radius 1 is 1.36 bits per heavy atom. The summed E-state index contributed by atoms with van der Waals surface area (Å²) in [5.74, 6) is 0.127. The molecule has 1 saturated heterocycles. The number of aromatic nitrogens is 1. The van der Waals surface area contributed by atoms with Gasteiger partial charge in [0, 0.05) is 30.8 Å². The van der Waals surface area contributed by atoms with Gasteiger partial charge in [-0.25, -0.2) is 0 Å². The molecule has 1 atom stereocenters. The molecular formula is C17H24N2O3. The van der Waals surface area contributed by atoms with Gasteiger partial charge >= 0.3 is 0 Å². The Labute approximate surface area is 131 Å². The predicted molar refractivity (Wildman–Crippen MR) is 83.3 cm³/mol. The lowest BCUT2D eigenvalue weighted by Crippen LogP contribution is -2.44. The minimum Gasteiger partial charge on any atom is -0.375 e. The van der Waals surface area contributed by atoms with Gasteiger partial charge in [-0.15, -0.1) is 0 Å². The number of hydrogen-bond donors (Lipinski definition) is 1. The molecule has 0 bridgehead atoms. The van der Waals surface area contributed by atoms with E-state index in [4.69, 9.17) is 4.74 Å². The van der Waals surface area contributed by atoms with E-state index in [0.29, 0.717) is 31.8 Å². The van der Waals surface area contributed by atoms with Crippen LogP contribution in [0.4, 0.5) is 0 Å². The molecule has 22 heavy (non-hydrogen) atoms. The molecule has 1 fully saturated rings. The second-order valence-corrected chi connectivity index (χ2v) is 7.35. The standard InChI is InChI=1S/C17H24N2O3/c1-10-9-19(5-6-22-10)16(21)15-11(2)14-12(18-15)7-17(3,4)8-13(14)20/h10,18H,5-9H2,1-4H3/t10-/m0/s1. The third-order valence-electron chi connectivity index (χ3n) is 4.64. The number of nitrogens with one attached hydrogen (secondary N) is 1. The molecule has 1 aromatic rings. The second-order valence-electron chi connectivity index (χ2n) is 7.35. The first-order chi connectivity index (χ1) is 10.3. The highest BCUT2D eigenvalue weighted by molar-refractivity contribution is 6.04. The van der Waals surface area contributed by atoms with Gasteiger partial charge in [0.1, 0.15) is 5.69 Å². The van der Waals surface area contributed by atoms with Crippen molar-refractivity contribution in [3.63, 3.8) is 0 Å². The molecule has 0 aromatic carbocycles.